The molecule has 2 aromatic rings. The average Bonchev–Trinajstić information content (AvgIpc) is 2.75. The molecule has 3 rings (SSSR count). The first-order valence-corrected chi connectivity index (χ1v) is 11.2. The maximum atomic E-state index is 11.0. The van der Waals surface area contributed by atoms with Crippen molar-refractivity contribution in [1.29, 1.82) is 0 Å². The van der Waals surface area contributed by atoms with Crippen LogP contribution in [0.15, 0.2) is 48.5 Å². The molecule has 2 aromatic carbocycles. The molecule has 0 aliphatic carbocycles. The van der Waals surface area contributed by atoms with Gasteiger partial charge in [-0.2, -0.15) is 0 Å². The van der Waals surface area contributed by atoms with Crippen LogP contribution in [0.4, 0.5) is 0 Å². The van der Waals surface area contributed by atoms with E-state index in [1.54, 1.807) is 0 Å². The normalized spacial score (nSPS) is 17.5. The summed E-state index contributed by atoms with van der Waals surface area (Å²) in [5.41, 5.74) is 3.66. The molecule has 0 radical (unpaired) electrons. The first-order valence-electron chi connectivity index (χ1n) is 11.2. The Kier molecular flexibility index (Phi) is 8.91. The van der Waals surface area contributed by atoms with E-state index in [0.717, 1.165) is 37.9 Å². The van der Waals surface area contributed by atoms with Crippen LogP contribution in [0.1, 0.15) is 64.4 Å². The number of ether oxygens (including phenoxy) is 3. The molecule has 2 unspecified atom stereocenters. The first-order chi connectivity index (χ1) is 14.6. The van der Waals surface area contributed by atoms with Gasteiger partial charge in [0, 0.05) is 13.5 Å². The number of hydrogen-bond donors (Lipinski definition) is 0. The Morgan fingerprint density at radius 1 is 1.00 bits per heavy atom. The van der Waals surface area contributed by atoms with Crippen molar-refractivity contribution in [2.75, 3.05) is 6.61 Å². The van der Waals surface area contributed by atoms with E-state index in [2.05, 4.69) is 31.2 Å². The fourth-order valence-electron chi connectivity index (χ4n) is 3.83. The molecule has 1 aliphatic heterocycles. The molecule has 0 N–H and O–H groups in total. The lowest BCUT2D eigenvalue weighted by molar-refractivity contribution is -0.185. The molecular weight excluding hydrogens is 376 g/mol. The number of unbranched alkanes of at least 4 members (excludes halogenated alkanes) is 2. The topological polar surface area (TPSA) is 44.8 Å². The number of aryl methyl sites for hydroxylation is 1. The lowest BCUT2D eigenvalue weighted by Crippen LogP contribution is -2.26. The van der Waals surface area contributed by atoms with E-state index in [1.165, 1.54) is 43.7 Å². The van der Waals surface area contributed by atoms with Crippen LogP contribution in [0, 0.1) is 0 Å². The summed E-state index contributed by atoms with van der Waals surface area (Å²) in [5.74, 6) is 0.279. The van der Waals surface area contributed by atoms with Gasteiger partial charge in [-0.25, -0.2) is 0 Å². The second-order valence-electron chi connectivity index (χ2n) is 8.16. The molecule has 1 aliphatic rings. The van der Waals surface area contributed by atoms with Gasteiger partial charge in [0.05, 0.1) is 6.10 Å². The third-order valence-corrected chi connectivity index (χ3v) is 5.50. The summed E-state index contributed by atoms with van der Waals surface area (Å²) in [7, 11) is 0. The summed E-state index contributed by atoms with van der Waals surface area (Å²) in [5, 5.41) is 0. The minimum Gasteiger partial charge on any atom is -0.427 e. The summed E-state index contributed by atoms with van der Waals surface area (Å²) < 4.78 is 16.7. The highest BCUT2D eigenvalue weighted by atomic mass is 16.7. The fraction of sp³-hybridized carbons (Fsp3) is 0.500. The van der Waals surface area contributed by atoms with Crippen molar-refractivity contribution in [3.8, 4) is 16.9 Å². The van der Waals surface area contributed by atoms with E-state index in [4.69, 9.17) is 14.2 Å². The predicted octanol–water partition coefficient (Wildman–Crippen LogP) is 6.31. The SMILES string of the molecule is CC(=O)Oc1ccc(-c2ccc(CCCCCC(C)OC3CCCCO3)cc2)cc1. The quantitative estimate of drug-likeness (QED) is 0.261. The number of carbonyl (C=O) groups excluding carboxylic acids is 1. The monoisotopic (exact) mass is 410 g/mol. The van der Waals surface area contributed by atoms with Gasteiger partial charge < -0.3 is 14.2 Å². The van der Waals surface area contributed by atoms with Gasteiger partial charge in [0.2, 0.25) is 0 Å². The van der Waals surface area contributed by atoms with Gasteiger partial charge in [0.15, 0.2) is 6.29 Å². The Morgan fingerprint density at radius 2 is 1.70 bits per heavy atom. The van der Waals surface area contributed by atoms with E-state index < -0.39 is 0 Å². The highest BCUT2D eigenvalue weighted by molar-refractivity contribution is 5.70. The first kappa shape index (κ1) is 22.5. The molecule has 0 bridgehead atoms. The molecule has 1 saturated heterocycles. The van der Waals surface area contributed by atoms with Gasteiger partial charge >= 0.3 is 5.97 Å². The van der Waals surface area contributed by atoms with Crippen LogP contribution >= 0.6 is 0 Å². The van der Waals surface area contributed by atoms with E-state index in [9.17, 15) is 4.79 Å². The van der Waals surface area contributed by atoms with Gasteiger partial charge in [-0.05, 0) is 74.3 Å². The van der Waals surface area contributed by atoms with Crippen LogP contribution in [0.5, 0.6) is 5.75 Å². The molecule has 1 fully saturated rings. The fourth-order valence-corrected chi connectivity index (χ4v) is 3.83. The maximum Gasteiger partial charge on any atom is 0.308 e. The summed E-state index contributed by atoms with van der Waals surface area (Å²) in [6.45, 7) is 4.42. The van der Waals surface area contributed by atoms with Crippen LogP contribution in [-0.4, -0.2) is 25.0 Å². The Labute approximate surface area is 180 Å². The average molecular weight is 411 g/mol. The zero-order chi connectivity index (χ0) is 21.2. The molecule has 1 heterocycles. The van der Waals surface area contributed by atoms with Crippen molar-refractivity contribution in [3.05, 3.63) is 54.1 Å². The molecule has 162 valence electrons. The third-order valence-electron chi connectivity index (χ3n) is 5.50. The van der Waals surface area contributed by atoms with Crippen molar-refractivity contribution in [2.45, 2.75) is 77.6 Å². The minimum atomic E-state index is -0.299. The minimum absolute atomic E-state index is 0.0186. The second-order valence-corrected chi connectivity index (χ2v) is 8.16. The van der Waals surface area contributed by atoms with E-state index in [-0.39, 0.29) is 18.4 Å². The Hall–Kier alpha value is -2.17. The van der Waals surface area contributed by atoms with E-state index >= 15 is 0 Å². The molecular formula is C26H34O4. The highest BCUT2D eigenvalue weighted by Gasteiger charge is 2.16. The summed E-state index contributed by atoms with van der Waals surface area (Å²) >= 11 is 0. The zero-order valence-electron chi connectivity index (χ0n) is 18.3. The van der Waals surface area contributed by atoms with E-state index in [1.807, 2.05) is 24.3 Å². The number of hydrogen-bond acceptors (Lipinski definition) is 4. The van der Waals surface area contributed by atoms with Gasteiger partial charge in [0.25, 0.3) is 0 Å². The van der Waals surface area contributed by atoms with Gasteiger partial charge in [-0.3, -0.25) is 4.79 Å². The second kappa shape index (κ2) is 11.9. The molecule has 0 amide bonds. The zero-order valence-corrected chi connectivity index (χ0v) is 18.3. The number of esters is 1. The maximum absolute atomic E-state index is 11.0. The van der Waals surface area contributed by atoms with E-state index in [0.29, 0.717) is 5.75 Å². The molecule has 0 aromatic heterocycles. The van der Waals surface area contributed by atoms with Gasteiger partial charge in [-0.15, -0.1) is 0 Å². The Bertz CT molecular complexity index is 761. The lowest BCUT2D eigenvalue weighted by Gasteiger charge is -2.26. The Balaban J connectivity index is 1.35. The van der Waals surface area contributed by atoms with Crippen molar-refractivity contribution in [1.82, 2.24) is 0 Å². The molecule has 4 nitrogen and oxygen atoms in total. The lowest BCUT2D eigenvalue weighted by atomic mass is 10.0. The highest BCUT2D eigenvalue weighted by Crippen LogP contribution is 2.24. The van der Waals surface area contributed by atoms with Crippen LogP contribution < -0.4 is 4.74 Å². The smallest absolute Gasteiger partial charge is 0.308 e. The molecule has 0 spiro atoms. The molecule has 2 atom stereocenters. The van der Waals surface area contributed by atoms with Crippen molar-refractivity contribution < 1.29 is 19.0 Å². The van der Waals surface area contributed by atoms with Crippen LogP contribution in [0.25, 0.3) is 11.1 Å². The summed E-state index contributed by atoms with van der Waals surface area (Å²) in [6.07, 6.45) is 9.53. The third kappa shape index (κ3) is 7.58. The van der Waals surface area contributed by atoms with Crippen LogP contribution in [0.3, 0.4) is 0 Å². The molecule has 0 saturated carbocycles. The Morgan fingerprint density at radius 3 is 2.33 bits per heavy atom. The van der Waals surface area contributed by atoms with Gasteiger partial charge in [0.1, 0.15) is 5.75 Å². The van der Waals surface area contributed by atoms with Crippen LogP contribution in [-0.2, 0) is 20.7 Å². The van der Waals surface area contributed by atoms with Crippen molar-refractivity contribution in [3.63, 3.8) is 0 Å². The predicted molar refractivity (Wildman–Crippen MR) is 119 cm³/mol. The summed E-state index contributed by atoms with van der Waals surface area (Å²) in [6, 6.07) is 16.4. The number of rotatable bonds is 10. The van der Waals surface area contributed by atoms with Crippen LogP contribution in [0.2, 0.25) is 0 Å². The summed E-state index contributed by atoms with van der Waals surface area (Å²) in [4.78, 5) is 11.0. The number of carbonyl (C=O) groups is 1. The molecule has 4 heteroatoms. The van der Waals surface area contributed by atoms with Gasteiger partial charge in [-0.1, -0.05) is 49.2 Å². The largest absolute Gasteiger partial charge is 0.427 e. The number of benzene rings is 2. The standard InChI is InChI=1S/C26H34O4/c1-20(29-26-10-6-7-19-28-26)8-4-3-5-9-22-11-13-23(14-12-22)24-15-17-25(18-16-24)30-21(2)27/h11-18,20,26H,3-10,19H2,1-2H3. The van der Waals surface area contributed by atoms with Crippen molar-refractivity contribution in [2.24, 2.45) is 0 Å². The molecule has 30 heavy (non-hydrogen) atoms. The van der Waals surface area contributed by atoms with Crippen molar-refractivity contribution >= 4 is 5.97 Å².